The Hall–Kier alpha value is -0.370. The van der Waals surface area contributed by atoms with Crippen LogP contribution < -0.4 is 0 Å². The van der Waals surface area contributed by atoms with Crippen molar-refractivity contribution in [3.8, 4) is 0 Å². The van der Waals surface area contributed by atoms with E-state index in [1.807, 2.05) is 14.1 Å². The van der Waals surface area contributed by atoms with Crippen molar-refractivity contribution < 1.29 is 4.79 Å². The molecule has 0 spiro atoms. The van der Waals surface area contributed by atoms with Crippen LogP contribution in [0.25, 0.3) is 0 Å². The summed E-state index contributed by atoms with van der Waals surface area (Å²) >= 11 is 0. The zero-order valence-corrected chi connectivity index (χ0v) is 10.0. The minimum atomic E-state index is 0.487. The second kappa shape index (κ2) is 4.65. The van der Waals surface area contributed by atoms with Gasteiger partial charge in [-0.2, -0.15) is 0 Å². The van der Waals surface area contributed by atoms with Crippen molar-refractivity contribution in [2.24, 2.45) is 17.8 Å². The van der Waals surface area contributed by atoms with Crippen LogP contribution in [0.1, 0.15) is 38.5 Å². The van der Waals surface area contributed by atoms with Gasteiger partial charge in [-0.25, -0.2) is 0 Å². The molecule has 3 unspecified atom stereocenters. The van der Waals surface area contributed by atoms with Crippen molar-refractivity contribution in [1.29, 1.82) is 0 Å². The van der Waals surface area contributed by atoms with Gasteiger partial charge in [0.1, 0.15) is 5.78 Å². The molecule has 0 aliphatic heterocycles. The maximum atomic E-state index is 11.8. The van der Waals surface area contributed by atoms with E-state index in [2.05, 4.69) is 4.90 Å². The van der Waals surface area contributed by atoms with E-state index in [4.69, 9.17) is 0 Å². The largest absolute Gasteiger partial charge is 0.309 e. The fraction of sp³-hybridized carbons (Fsp3) is 0.923. The average molecular weight is 209 g/mol. The van der Waals surface area contributed by atoms with E-state index in [-0.39, 0.29) is 0 Å². The van der Waals surface area contributed by atoms with Crippen molar-refractivity contribution in [3.63, 3.8) is 0 Å². The molecule has 2 aliphatic rings. The quantitative estimate of drug-likeness (QED) is 0.692. The van der Waals surface area contributed by atoms with E-state index in [0.29, 0.717) is 5.78 Å². The molecule has 0 heterocycles. The Morgan fingerprint density at radius 3 is 2.60 bits per heavy atom. The zero-order valence-electron chi connectivity index (χ0n) is 10.0. The van der Waals surface area contributed by atoms with Gasteiger partial charge in [0.25, 0.3) is 0 Å². The molecule has 0 aromatic heterocycles. The molecule has 2 nitrogen and oxygen atoms in total. The Bertz CT molecular complexity index is 237. The maximum absolute atomic E-state index is 11.8. The molecule has 0 amide bonds. The Morgan fingerprint density at radius 2 is 2.07 bits per heavy atom. The van der Waals surface area contributed by atoms with Gasteiger partial charge < -0.3 is 4.90 Å². The molecule has 15 heavy (non-hydrogen) atoms. The Kier molecular flexibility index (Phi) is 3.45. The molecule has 0 aromatic carbocycles. The zero-order chi connectivity index (χ0) is 10.8. The number of ketones is 1. The van der Waals surface area contributed by atoms with Crippen LogP contribution in [0.3, 0.4) is 0 Å². The Balaban J connectivity index is 1.71. The Morgan fingerprint density at radius 1 is 1.27 bits per heavy atom. The lowest BCUT2D eigenvalue weighted by atomic mass is 9.85. The van der Waals surface area contributed by atoms with Gasteiger partial charge in [0.15, 0.2) is 0 Å². The maximum Gasteiger partial charge on any atom is 0.134 e. The summed E-state index contributed by atoms with van der Waals surface area (Å²) < 4.78 is 0. The van der Waals surface area contributed by atoms with E-state index in [1.165, 1.54) is 25.7 Å². The minimum absolute atomic E-state index is 0.487. The van der Waals surface area contributed by atoms with Crippen LogP contribution in [0.4, 0.5) is 0 Å². The molecule has 3 atom stereocenters. The van der Waals surface area contributed by atoms with Crippen LogP contribution in [-0.2, 0) is 4.79 Å². The summed E-state index contributed by atoms with van der Waals surface area (Å²) in [6, 6.07) is 0. The van der Waals surface area contributed by atoms with E-state index in [9.17, 15) is 4.79 Å². The van der Waals surface area contributed by atoms with Crippen molar-refractivity contribution in [2.45, 2.75) is 38.5 Å². The van der Waals surface area contributed by atoms with Crippen molar-refractivity contribution in [1.82, 2.24) is 4.90 Å². The number of hydrogen-bond donors (Lipinski definition) is 0. The van der Waals surface area contributed by atoms with Gasteiger partial charge in [0.05, 0.1) is 0 Å². The van der Waals surface area contributed by atoms with E-state index in [0.717, 1.165) is 37.1 Å². The van der Waals surface area contributed by atoms with Gasteiger partial charge >= 0.3 is 0 Å². The van der Waals surface area contributed by atoms with Crippen LogP contribution in [0, 0.1) is 17.8 Å². The highest BCUT2D eigenvalue weighted by Crippen LogP contribution is 2.49. The normalized spacial score (nSPS) is 33.9. The number of rotatable bonds is 5. The molecule has 2 heteroatoms. The molecule has 2 bridgehead atoms. The lowest BCUT2D eigenvalue weighted by Crippen LogP contribution is -2.20. The molecule has 0 N–H and O–H groups in total. The molecule has 0 saturated heterocycles. The van der Waals surface area contributed by atoms with Crippen molar-refractivity contribution >= 4 is 5.78 Å². The highest BCUT2D eigenvalue weighted by atomic mass is 16.1. The van der Waals surface area contributed by atoms with Gasteiger partial charge in [-0.15, -0.1) is 0 Å². The summed E-state index contributed by atoms with van der Waals surface area (Å²) in [7, 11) is 4.07. The molecular weight excluding hydrogens is 186 g/mol. The highest BCUT2D eigenvalue weighted by Gasteiger charge is 2.39. The van der Waals surface area contributed by atoms with Gasteiger partial charge in [-0.05, 0) is 51.1 Å². The van der Waals surface area contributed by atoms with Crippen LogP contribution in [-0.4, -0.2) is 31.3 Å². The van der Waals surface area contributed by atoms with Crippen LogP contribution in [0.15, 0.2) is 0 Å². The summed E-state index contributed by atoms with van der Waals surface area (Å²) in [6.45, 7) is 0.916. The number of hydrogen-bond acceptors (Lipinski definition) is 2. The fourth-order valence-corrected chi connectivity index (χ4v) is 3.37. The summed E-state index contributed by atoms with van der Waals surface area (Å²) in [5.74, 6) is 3.11. The third-order valence-corrected chi connectivity index (χ3v) is 4.21. The van der Waals surface area contributed by atoms with Crippen molar-refractivity contribution in [3.05, 3.63) is 0 Å². The smallest absolute Gasteiger partial charge is 0.134 e. The van der Waals surface area contributed by atoms with Crippen LogP contribution >= 0.6 is 0 Å². The number of carbonyl (C=O) groups is 1. The van der Waals surface area contributed by atoms with E-state index < -0.39 is 0 Å². The predicted octanol–water partition coefficient (Wildman–Crippen LogP) is 2.33. The molecule has 0 radical (unpaired) electrons. The first-order valence-corrected chi connectivity index (χ1v) is 6.31. The third-order valence-electron chi connectivity index (χ3n) is 4.21. The summed E-state index contributed by atoms with van der Waals surface area (Å²) in [4.78, 5) is 13.8. The molecule has 2 saturated carbocycles. The second-order valence-corrected chi connectivity index (χ2v) is 5.73. The number of nitrogens with zero attached hydrogens (tertiary/aromatic N) is 1. The first kappa shape index (κ1) is 11.1. The SMILES string of the molecule is CN(C)CCC(=O)CC1CC2CCC1C2. The molecule has 0 aromatic rings. The first-order chi connectivity index (χ1) is 7.15. The Labute approximate surface area is 93.0 Å². The molecule has 2 aliphatic carbocycles. The highest BCUT2D eigenvalue weighted by molar-refractivity contribution is 5.78. The molecule has 2 rings (SSSR count). The summed E-state index contributed by atoms with van der Waals surface area (Å²) in [5.41, 5.74) is 0. The van der Waals surface area contributed by atoms with Crippen LogP contribution in [0.5, 0.6) is 0 Å². The fourth-order valence-electron chi connectivity index (χ4n) is 3.37. The average Bonchev–Trinajstić information content (AvgIpc) is 2.76. The summed E-state index contributed by atoms with van der Waals surface area (Å²) in [6.07, 6.45) is 7.23. The number of carbonyl (C=O) groups excluding carboxylic acids is 1. The van der Waals surface area contributed by atoms with Gasteiger partial charge in [-0.3, -0.25) is 4.79 Å². The van der Waals surface area contributed by atoms with Crippen LogP contribution in [0.2, 0.25) is 0 Å². The first-order valence-electron chi connectivity index (χ1n) is 6.31. The second-order valence-electron chi connectivity index (χ2n) is 5.73. The van der Waals surface area contributed by atoms with Gasteiger partial charge in [0.2, 0.25) is 0 Å². The van der Waals surface area contributed by atoms with Gasteiger partial charge in [0, 0.05) is 19.4 Å². The molecule has 86 valence electrons. The topological polar surface area (TPSA) is 20.3 Å². The van der Waals surface area contributed by atoms with Gasteiger partial charge in [-0.1, -0.05) is 6.42 Å². The summed E-state index contributed by atoms with van der Waals surface area (Å²) in [5, 5.41) is 0. The number of fused-ring (bicyclic) bond motifs is 2. The lowest BCUT2D eigenvalue weighted by molar-refractivity contribution is -0.120. The minimum Gasteiger partial charge on any atom is -0.309 e. The molecule has 2 fully saturated rings. The van der Waals surface area contributed by atoms with E-state index >= 15 is 0 Å². The van der Waals surface area contributed by atoms with E-state index in [1.54, 1.807) is 0 Å². The number of Topliss-reactive ketones (excluding diaryl/α,β-unsaturated/α-hetero) is 1. The predicted molar refractivity (Wildman–Crippen MR) is 61.7 cm³/mol. The standard InChI is InChI=1S/C13H23NO/c1-14(2)6-5-13(15)9-12-8-10-3-4-11(12)7-10/h10-12H,3-9H2,1-2H3. The monoisotopic (exact) mass is 209 g/mol. The lowest BCUT2D eigenvalue weighted by Gasteiger charge is -2.21. The molecular formula is C13H23NO. The third kappa shape index (κ3) is 2.81. The van der Waals surface area contributed by atoms with Crippen molar-refractivity contribution in [2.75, 3.05) is 20.6 Å².